The fourth-order valence-electron chi connectivity index (χ4n) is 3.14. The summed E-state index contributed by atoms with van der Waals surface area (Å²) in [6.07, 6.45) is 0. The van der Waals surface area contributed by atoms with E-state index in [-0.39, 0.29) is 11.5 Å². The molecule has 1 heterocycles. The van der Waals surface area contributed by atoms with Gasteiger partial charge in [0.15, 0.2) is 0 Å². The van der Waals surface area contributed by atoms with Gasteiger partial charge in [0.25, 0.3) is 5.91 Å². The van der Waals surface area contributed by atoms with Crippen molar-refractivity contribution < 1.29 is 19.4 Å². The van der Waals surface area contributed by atoms with E-state index in [9.17, 15) is 14.7 Å². The molecule has 1 aliphatic heterocycles. The molecule has 3 aromatic rings. The van der Waals surface area contributed by atoms with E-state index in [0.717, 1.165) is 0 Å². The zero-order valence-corrected chi connectivity index (χ0v) is 15.6. The van der Waals surface area contributed by atoms with E-state index in [2.05, 4.69) is 16.4 Å². The molecule has 4 rings (SSSR count). The molecule has 7 nitrogen and oxygen atoms in total. The van der Waals surface area contributed by atoms with Gasteiger partial charge in [-0.15, -0.1) is 0 Å². The van der Waals surface area contributed by atoms with Gasteiger partial charge in [-0.1, -0.05) is 24.3 Å². The summed E-state index contributed by atoms with van der Waals surface area (Å²) in [6.45, 7) is 0. The Morgan fingerprint density at radius 3 is 2.50 bits per heavy atom. The van der Waals surface area contributed by atoms with E-state index in [4.69, 9.17) is 10.00 Å². The fourth-order valence-corrected chi connectivity index (χ4v) is 3.14. The van der Waals surface area contributed by atoms with Gasteiger partial charge in [-0.05, 0) is 54.1 Å². The molecule has 146 valence electrons. The van der Waals surface area contributed by atoms with Gasteiger partial charge in [-0.3, -0.25) is 14.9 Å². The van der Waals surface area contributed by atoms with E-state index in [1.165, 1.54) is 12.1 Å². The van der Waals surface area contributed by atoms with Gasteiger partial charge in [-0.25, -0.2) is 4.99 Å². The van der Waals surface area contributed by atoms with Crippen LogP contribution in [0, 0.1) is 11.3 Å². The Balaban J connectivity index is 1.61. The Hall–Kier alpha value is -4.44. The van der Waals surface area contributed by atoms with Crippen LogP contribution in [0.2, 0.25) is 0 Å². The number of phenols is 1. The second-order valence-corrected chi connectivity index (χ2v) is 6.55. The number of amides is 2. The van der Waals surface area contributed by atoms with Crippen molar-refractivity contribution in [2.75, 3.05) is 0 Å². The topological polar surface area (TPSA) is 112 Å². The zero-order chi connectivity index (χ0) is 21.1. The van der Waals surface area contributed by atoms with Crippen LogP contribution in [0.3, 0.4) is 0 Å². The molecule has 3 aromatic carbocycles. The van der Waals surface area contributed by atoms with Crippen molar-refractivity contribution in [3.63, 3.8) is 0 Å². The van der Waals surface area contributed by atoms with E-state index in [0.29, 0.717) is 28.3 Å². The van der Waals surface area contributed by atoms with Gasteiger partial charge in [0.05, 0.1) is 11.3 Å². The van der Waals surface area contributed by atoms with Crippen LogP contribution >= 0.6 is 0 Å². The Kier molecular flexibility index (Phi) is 4.97. The Bertz CT molecular complexity index is 1210. The number of nitriles is 1. The van der Waals surface area contributed by atoms with E-state index in [1.807, 2.05) is 0 Å². The molecule has 1 unspecified atom stereocenters. The first-order chi connectivity index (χ1) is 14.5. The number of aromatic hydroxyl groups is 1. The predicted molar refractivity (Wildman–Crippen MR) is 109 cm³/mol. The van der Waals surface area contributed by atoms with E-state index >= 15 is 0 Å². The van der Waals surface area contributed by atoms with E-state index in [1.54, 1.807) is 60.7 Å². The standard InChI is InChI=1S/C23H15N3O4/c24-13-15-4-1-2-7-19(15)30-18-10-8-16(9-11-18)25-21-20(22(28)26-23(21)29)14-5-3-6-17(27)12-14/h1-12,20,27H,(H,26,28,29). The molecule has 0 aliphatic carbocycles. The second kappa shape index (κ2) is 7.89. The van der Waals surface area contributed by atoms with E-state index < -0.39 is 17.7 Å². The van der Waals surface area contributed by atoms with Gasteiger partial charge in [0.1, 0.15) is 34.9 Å². The van der Waals surface area contributed by atoms with Gasteiger partial charge >= 0.3 is 0 Å². The quantitative estimate of drug-likeness (QED) is 0.654. The number of imide groups is 1. The SMILES string of the molecule is N#Cc1ccccc1Oc1ccc(N=C2C(=O)NC(=O)C2c2cccc(O)c2)cc1. The third kappa shape index (κ3) is 3.75. The molecule has 30 heavy (non-hydrogen) atoms. The molecular formula is C23H15N3O4. The Morgan fingerprint density at radius 2 is 1.77 bits per heavy atom. The summed E-state index contributed by atoms with van der Waals surface area (Å²) in [5, 5.41) is 21.1. The molecule has 0 aromatic heterocycles. The first-order valence-electron chi connectivity index (χ1n) is 9.05. The highest BCUT2D eigenvalue weighted by Crippen LogP contribution is 2.30. The first kappa shape index (κ1) is 18.9. The van der Waals surface area contributed by atoms with Crippen LogP contribution in [0.4, 0.5) is 5.69 Å². The molecule has 1 fully saturated rings. The first-order valence-corrected chi connectivity index (χ1v) is 9.05. The molecule has 0 radical (unpaired) electrons. The van der Waals surface area contributed by atoms with Crippen molar-refractivity contribution in [1.29, 1.82) is 5.26 Å². The van der Waals surface area contributed by atoms with Crippen LogP contribution in [0.5, 0.6) is 17.2 Å². The number of aliphatic imine (C=N–C) groups is 1. The number of rotatable bonds is 4. The van der Waals surface area contributed by atoms with Crippen LogP contribution in [0.1, 0.15) is 17.0 Å². The van der Waals surface area contributed by atoms with Crippen LogP contribution in [-0.2, 0) is 9.59 Å². The maximum absolute atomic E-state index is 12.3. The number of nitrogens with one attached hydrogen (secondary N) is 1. The summed E-state index contributed by atoms with van der Waals surface area (Å²) in [4.78, 5) is 28.9. The van der Waals surface area contributed by atoms with Crippen LogP contribution in [0.15, 0.2) is 77.8 Å². The number of phenolic OH excluding ortho intramolecular Hbond substituents is 1. The molecule has 0 spiro atoms. The number of carbonyl (C=O) groups excluding carboxylic acids is 2. The van der Waals surface area contributed by atoms with Gasteiger partial charge < -0.3 is 9.84 Å². The molecule has 2 amide bonds. The number of benzene rings is 3. The summed E-state index contributed by atoms with van der Waals surface area (Å²) in [5.74, 6) is -1.03. The molecule has 1 atom stereocenters. The Labute approximate surface area is 171 Å². The van der Waals surface area contributed by atoms with Crippen LogP contribution < -0.4 is 10.1 Å². The largest absolute Gasteiger partial charge is 0.508 e. The van der Waals surface area contributed by atoms with Gasteiger partial charge in [0.2, 0.25) is 5.91 Å². The van der Waals surface area contributed by atoms with Crippen molar-refractivity contribution in [2.45, 2.75) is 5.92 Å². The third-order valence-electron chi connectivity index (χ3n) is 4.53. The van der Waals surface area contributed by atoms with Crippen molar-refractivity contribution in [2.24, 2.45) is 4.99 Å². The lowest BCUT2D eigenvalue weighted by atomic mass is 9.95. The summed E-state index contributed by atoms with van der Waals surface area (Å²) in [6, 6.07) is 21.7. The number of carbonyl (C=O) groups is 2. The second-order valence-electron chi connectivity index (χ2n) is 6.55. The number of para-hydroxylation sites is 1. The molecule has 0 bridgehead atoms. The highest BCUT2D eigenvalue weighted by molar-refractivity contribution is 6.52. The molecule has 1 saturated heterocycles. The van der Waals surface area contributed by atoms with Crippen molar-refractivity contribution in [3.8, 4) is 23.3 Å². The van der Waals surface area contributed by atoms with Gasteiger partial charge in [0, 0.05) is 0 Å². The average molecular weight is 397 g/mol. The van der Waals surface area contributed by atoms with Crippen molar-refractivity contribution in [1.82, 2.24) is 5.32 Å². The molecular weight excluding hydrogens is 382 g/mol. The number of ether oxygens (including phenoxy) is 1. The number of hydrogen-bond donors (Lipinski definition) is 2. The zero-order valence-electron chi connectivity index (χ0n) is 15.6. The minimum absolute atomic E-state index is 0.00171. The van der Waals surface area contributed by atoms with Crippen molar-refractivity contribution in [3.05, 3.63) is 83.9 Å². The summed E-state index contributed by atoms with van der Waals surface area (Å²) >= 11 is 0. The number of hydrogen-bond acceptors (Lipinski definition) is 6. The third-order valence-corrected chi connectivity index (χ3v) is 4.53. The highest BCUT2D eigenvalue weighted by Gasteiger charge is 2.39. The highest BCUT2D eigenvalue weighted by atomic mass is 16.5. The summed E-state index contributed by atoms with van der Waals surface area (Å²) in [5.41, 5.74) is 1.40. The molecule has 0 saturated carbocycles. The normalized spacial score (nSPS) is 16.9. The molecule has 7 heteroatoms. The predicted octanol–water partition coefficient (Wildman–Crippen LogP) is 3.57. The summed E-state index contributed by atoms with van der Waals surface area (Å²) < 4.78 is 5.74. The minimum Gasteiger partial charge on any atom is -0.508 e. The van der Waals surface area contributed by atoms with Crippen LogP contribution in [0.25, 0.3) is 0 Å². The van der Waals surface area contributed by atoms with Crippen molar-refractivity contribution >= 4 is 23.2 Å². The maximum atomic E-state index is 12.3. The maximum Gasteiger partial charge on any atom is 0.273 e. The lowest BCUT2D eigenvalue weighted by Crippen LogP contribution is -2.22. The smallest absolute Gasteiger partial charge is 0.273 e. The Morgan fingerprint density at radius 1 is 1.00 bits per heavy atom. The summed E-state index contributed by atoms with van der Waals surface area (Å²) in [7, 11) is 0. The number of nitrogens with zero attached hydrogens (tertiary/aromatic N) is 2. The molecule has 2 N–H and O–H groups in total. The van der Waals surface area contributed by atoms with Gasteiger partial charge in [-0.2, -0.15) is 5.26 Å². The fraction of sp³-hybridized carbons (Fsp3) is 0.0435. The average Bonchev–Trinajstić information content (AvgIpc) is 3.02. The monoisotopic (exact) mass is 397 g/mol. The van der Waals surface area contributed by atoms with Crippen LogP contribution in [-0.4, -0.2) is 22.6 Å². The lowest BCUT2D eigenvalue weighted by Gasteiger charge is -2.09. The lowest BCUT2D eigenvalue weighted by molar-refractivity contribution is -0.124. The molecule has 1 aliphatic rings. The minimum atomic E-state index is -0.900.